The molecule has 0 aromatic rings. The van der Waals surface area contributed by atoms with Crippen LogP contribution in [0.25, 0.3) is 0 Å². The first kappa shape index (κ1) is 87.2. The second-order valence-corrected chi connectivity index (χ2v) is 26.0. The Labute approximate surface area is 577 Å². The van der Waals surface area contributed by atoms with Crippen molar-refractivity contribution in [2.75, 3.05) is 19.8 Å². The average molecular weight is 1330 g/mol. The molecule has 2 aliphatic heterocycles. The van der Waals surface area contributed by atoms with E-state index in [9.17, 15) is 45.6 Å². The highest BCUT2D eigenvalue weighted by atomic mass is 16.7. The van der Waals surface area contributed by atoms with Gasteiger partial charge in [-0.1, -0.05) is 295 Å². The lowest BCUT2D eigenvalue weighted by Crippen LogP contribution is -2.65. The van der Waals surface area contributed by atoms with E-state index in [1.54, 1.807) is 6.08 Å². The number of aliphatic hydroxyl groups is 8. The van der Waals surface area contributed by atoms with Gasteiger partial charge in [0.2, 0.25) is 5.91 Å². The zero-order valence-corrected chi connectivity index (χ0v) is 59.4. The predicted octanol–water partition coefficient (Wildman–Crippen LogP) is 16.6. The summed E-state index contributed by atoms with van der Waals surface area (Å²) >= 11 is 0. The first-order valence-corrected chi connectivity index (χ1v) is 37.9. The van der Waals surface area contributed by atoms with E-state index in [0.717, 1.165) is 116 Å². The van der Waals surface area contributed by atoms with Crippen LogP contribution in [0, 0.1) is 0 Å². The number of rotatable bonds is 61. The molecule has 0 spiro atoms. The summed E-state index contributed by atoms with van der Waals surface area (Å²) in [7, 11) is 0. The van der Waals surface area contributed by atoms with Crippen molar-refractivity contribution in [3.8, 4) is 0 Å². The summed E-state index contributed by atoms with van der Waals surface area (Å²) < 4.78 is 22.8. The number of nitrogens with one attached hydrogen (secondary N) is 1. The number of carbonyl (C=O) groups is 1. The minimum Gasteiger partial charge on any atom is -0.394 e. The van der Waals surface area contributed by atoms with Crippen molar-refractivity contribution in [1.82, 2.24) is 5.32 Å². The molecule has 2 rings (SSSR count). The lowest BCUT2D eigenvalue weighted by Gasteiger charge is -2.46. The number of allylic oxidation sites excluding steroid dienone is 21. The van der Waals surface area contributed by atoms with Crippen molar-refractivity contribution >= 4 is 5.91 Å². The van der Waals surface area contributed by atoms with Gasteiger partial charge in [0.25, 0.3) is 0 Å². The number of amides is 1. The van der Waals surface area contributed by atoms with Gasteiger partial charge in [-0.15, -0.1) is 0 Å². The molecule has 0 saturated carbocycles. The van der Waals surface area contributed by atoms with Crippen LogP contribution >= 0.6 is 0 Å². The van der Waals surface area contributed by atoms with Crippen molar-refractivity contribution in [3.63, 3.8) is 0 Å². The lowest BCUT2D eigenvalue weighted by molar-refractivity contribution is -0.359. The van der Waals surface area contributed by atoms with Crippen LogP contribution in [-0.2, 0) is 23.7 Å². The Morgan fingerprint density at radius 1 is 0.389 bits per heavy atom. The van der Waals surface area contributed by atoms with Gasteiger partial charge in [0, 0.05) is 6.42 Å². The topological polar surface area (TPSA) is 228 Å². The Balaban J connectivity index is 1.70. The molecule has 1 amide bonds. The van der Waals surface area contributed by atoms with Crippen LogP contribution in [-0.4, -0.2) is 140 Å². The van der Waals surface area contributed by atoms with E-state index >= 15 is 0 Å². The molecule has 544 valence electrons. The molecule has 0 aliphatic carbocycles. The molecule has 2 saturated heterocycles. The monoisotopic (exact) mass is 1330 g/mol. The van der Waals surface area contributed by atoms with Crippen LogP contribution in [0.1, 0.15) is 277 Å². The van der Waals surface area contributed by atoms with E-state index in [4.69, 9.17) is 18.9 Å². The van der Waals surface area contributed by atoms with Gasteiger partial charge in [-0.05, 0) is 109 Å². The largest absolute Gasteiger partial charge is 0.394 e. The number of unbranched alkanes of at least 4 members (excludes halogenated alkanes) is 28. The Morgan fingerprint density at radius 3 is 1.16 bits per heavy atom. The summed E-state index contributed by atoms with van der Waals surface area (Å²) in [4.78, 5) is 13.4. The molecule has 0 aromatic heterocycles. The van der Waals surface area contributed by atoms with Crippen LogP contribution in [0.2, 0.25) is 0 Å². The highest BCUT2D eigenvalue weighted by molar-refractivity contribution is 5.76. The number of hydrogen-bond acceptors (Lipinski definition) is 13. The minimum atomic E-state index is -1.80. The average Bonchev–Trinajstić information content (AvgIpc) is 0.801. The molecular weight excluding hydrogens is 1190 g/mol. The Hall–Kier alpha value is -3.87. The predicted molar refractivity (Wildman–Crippen MR) is 391 cm³/mol. The molecule has 9 N–H and O–H groups in total. The van der Waals surface area contributed by atoms with Crippen LogP contribution < -0.4 is 5.32 Å². The van der Waals surface area contributed by atoms with Gasteiger partial charge in [0.05, 0.1) is 32.0 Å². The fraction of sp³-hybridized carbons (Fsp3) is 0.716. The summed E-state index contributed by atoms with van der Waals surface area (Å²) in [5.41, 5.74) is 0. The number of aliphatic hydroxyl groups excluding tert-OH is 8. The molecule has 2 heterocycles. The van der Waals surface area contributed by atoms with Gasteiger partial charge < -0.3 is 65.1 Å². The van der Waals surface area contributed by atoms with E-state index < -0.39 is 86.8 Å². The second kappa shape index (κ2) is 63.6. The van der Waals surface area contributed by atoms with Crippen molar-refractivity contribution in [1.29, 1.82) is 0 Å². The molecule has 0 aromatic carbocycles. The first-order valence-electron chi connectivity index (χ1n) is 37.9. The maximum absolute atomic E-state index is 13.4. The third-order valence-electron chi connectivity index (χ3n) is 17.5. The standard InChI is InChI=1S/C81H137NO13/c1-3-5-7-9-11-13-15-17-19-21-23-25-27-29-31-33-35-37-39-41-43-45-47-49-51-53-55-57-59-61-63-65-73(86)82-69(68-92-80-78(91)76(89)79(72(67-84)94-80)95-81-77(90)75(88)74(87)71(66-83)93-81)70(85)64-62-60-58-56-54-52-50-48-46-44-42-40-38-36-34-32-30-28-26-24-22-20-18-16-14-12-10-8-6-4-2/h5,7,11,13,17,19,23,25,29,31,35,37,41,43,46-49,54,56,62,64,69-72,74-81,83-85,87-91H,3-4,6,8-10,12,14-16,18,20-22,24,26-28,30,32-34,36,38-40,42,44-45,50-53,55,57-61,63,65-68H2,1-2H3,(H,82,86)/b7-5-,13-11-,19-17-,25-23-,31-29-,37-35-,43-41-,48-46+,49-47-,56-54+,64-62+. The third kappa shape index (κ3) is 46.9. The molecule has 2 aliphatic rings. The van der Waals surface area contributed by atoms with Gasteiger partial charge in [0.1, 0.15) is 48.8 Å². The van der Waals surface area contributed by atoms with E-state index in [1.807, 2.05) is 6.08 Å². The van der Waals surface area contributed by atoms with Gasteiger partial charge in [-0.2, -0.15) is 0 Å². The summed E-state index contributed by atoms with van der Waals surface area (Å²) in [5, 5.41) is 87.5. The van der Waals surface area contributed by atoms with Gasteiger partial charge in [-0.3, -0.25) is 4.79 Å². The Morgan fingerprint density at radius 2 is 0.737 bits per heavy atom. The lowest BCUT2D eigenvalue weighted by atomic mass is 9.97. The molecule has 14 nitrogen and oxygen atoms in total. The summed E-state index contributed by atoms with van der Waals surface area (Å²) in [6, 6.07) is -0.959. The number of hydrogen-bond donors (Lipinski definition) is 9. The third-order valence-corrected chi connectivity index (χ3v) is 17.5. The molecule has 0 radical (unpaired) electrons. The summed E-state index contributed by atoms with van der Waals surface area (Å²) in [5.74, 6) is -0.272. The van der Waals surface area contributed by atoms with Crippen LogP contribution in [0.4, 0.5) is 0 Å². The zero-order valence-electron chi connectivity index (χ0n) is 59.4. The quantitative estimate of drug-likeness (QED) is 0.0204. The normalized spacial score (nSPS) is 23.1. The van der Waals surface area contributed by atoms with E-state index in [1.165, 1.54) is 128 Å². The molecule has 2 fully saturated rings. The SMILES string of the molecule is CC/C=C\C/C=C\C/C=C\C/C=C\C/C=C\C/C=C\C/C=C\C/C=C\CCCCCCCCC(=O)NC(COC1OC(CO)C(OC2OC(CO)C(O)C(O)C2O)C(O)C1O)C(O)/C=C/CC/C=C/CC/C=C/CCCCCCCCCCCCCCCCCCCCCC. The second-order valence-electron chi connectivity index (χ2n) is 26.0. The van der Waals surface area contributed by atoms with Gasteiger partial charge in [-0.25, -0.2) is 0 Å². The maximum Gasteiger partial charge on any atom is 0.220 e. The smallest absolute Gasteiger partial charge is 0.220 e. The maximum atomic E-state index is 13.4. The van der Waals surface area contributed by atoms with Crippen molar-refractivity contribution in [2.45, 2.75) is 351 Å². The zero-order chi connectivity index (χ0) is 68.7. The van der Waals surface area contributed by atoms with Crippen LogP contribution in [0.3, 0.4) is 0 Å². The fourth-order valence-electron chi connectivity index (χ4n) is 11.6. The van der Waals surface area contributed by atoms with Crippen molar-refractivity contribution in [3.05, 3.63) is 134 Å². The van der Waals surface area contributed by atoms with Crippen molar-refractivity contribution < 1.29 is 64.6 Å². The molecule has 12 atom stereocenters. The van der Waals surface area contributed by atoms with Gasteiger partial charge >= 0.3 is 0 Å². The van der Waals surface area contributed by atoms with E-state index in [0.29, 0.717) is 12.8 Å². The summed E-state index contributed by atoms with van der Waals surface area (Å²) in [6.07, 6.45) is 78.0. The molecule has 12 unspecified atom stereocenters. The highest BCUT2D eigenvalue weighted by Crippen LogP contribution is 2.30. The molecular formula is C81H137NO13. The highest BCUT2D eigenvalue weighted by Gasteiger charge is 2.51. The van der Waals surface area contributed by atoms with E-state index in [-0.39, 0.29) is 18.9 Å². The minimum absolute atomic E-state index is 0.244. The van der Waals surface area contributed by atoms with Crippen LogP contribution in [0.15, 0.2) is 134 Å². The van der Waals surface area contributed by atoms with Crippen molar-refractivity contribution in [2.24, 2.45) is 0 Å². The van der Waals surface area contributed by atoms with Gasteiger partial charge in [0.15, 0.2) is 12.6 Å². The Bertz CT molecular complexity index is 2110. The Kier molecular flexibility index (Phi) is 58.4. The summed E-state index contributed by atoms with van der Waals surface area (Å²) in [6.45, 7) is 2.67. The molecule has 95 heavy (non-hydrogen) atoms. The number of carbonyl (C=O) groups excluding carboxylic acids is 1. The number of ether oxygens (including phenoxy) is 4. The first-order chi connectivity index (χ1) is 46.6. The van der Waals surface area contributed by atoms with E-state index in [2.05, 4.69) is 141 Å². The molecule has 0 bridgehead atoms. The fourth-order valence-corrected chi connectivity index (χ4v) is 11.6. The molecule has 14 heteroatoms. The van der Waals surface area contributed by atoms with Crippen LogP contribution in [0.5, 0.6) is 0 Å².